The van der Waals surface area contributed by atoms with Crippen LogP contribution in [0.3, 0.4) is 0 Å². The van der Waals surface area contributed by atoms with Gasteiger partial charge in [0.05, 0.1) is 0 Å². The number of hydrogen-bond acceptors (Lipinski definition) is 3. The van der Waals surface area contributed by atoms with Crippen LogP contribution in [-0.4, -0.2) is 35.5 Å². The van der Waals surface area contributed by atoms with E-state index in [-0.39, 0.29) is 5.91 Å². The first-order chi connectivity index (χ1) is 8.72. The molecule has 1 aromatic rings. The van der Waals surface area contributed by atoms with Gasteiger partial charge in [-0.3, -0.25) is 4.79 Å². The maximum absolute atomic E-state index is 11.6. The van der Waals surface area contributed by atoms with Crippen molar-refractivity contribution in [1.29, 1.82) is 0 Å². The van der Waals surface area contributed by atoms with Gasteiger partial charge in [-0.15, -0.1) is 0 Å². The lowest BCUT2D eigenvalue weighted by Crippen LogP contribution is -2.27. The fourth-order valence-corrected chi connectivity index (χ4v) is 2.93. The van der Waals surface area contributed by atoms with Gasteiger partial charge in [-0.1, -0.05) is 22.0 Å². The van der Waals surface area contributed by atoms with Crippen LogP contribution >= 0.6 is 15.9 Å². The first kappa shape index (κ1) is 11.8. The summed E-state index contributed by atoms with van der Waals surface area (Å²) < 4.78 is 10.6. The van der Waals surface area contributed by atoms with E-state index in [0.29, 0.717) is 18.0 Å². The molecule has 0 aromatic heterocycles. The molecule has 2 heterocycles. The number of amides is 1. The van der Waals surface area contributed by atoms with Crippen molar-refractivity contribution in [2.75, 3.05) is 19.9 Å². The molecule has 0 radical (unpaired) electrons. The minimum atomic E-state index is 0.234. The molecule has 0 bridgehead atoms. The fraction of sp³-hybridized carbons (Fsp3) is 0.462. The molecule has 3 rings (SSSR count). The zero-order chi connectivity index (χ0) is 12.5. The Morgan fingerprint density at radius 2 is 2.17 bits per heavy atom. The van der Waals surface area contributed by atoms with Crippen LogP contribution in [0.15, 0.2) is 18.2 Å². The van der Waals surface area contributed by atoms with E-state index in [4.69, 9.17) is 9.47 Å². The number of carbonyl (C=O) groups excluding carboxylic acids is 1. The Balaban J connectivity index is 1.62. The highest BCUT2D eigenvalue weighted by atomic mass is 79.9. The van der Waals surface area contributed by atoms with Crippen molar-refractivity contribution in [3.05, 3.63) is 23.8 Å². The Kier molecular flexibility index (Phi) is 3.16. The van der Waals surface area contributed by atoms with E-state index >= 15 is 0 Å². The van der Waals surface area contributed by atoms with Gasteiger partial charge in [0.25, 0.3) is 0 Å². The van der Waals surface area contributed by atoms with E-state index in [1.54, 1.807) is 0 Å². The lowest BCUT2D eigenvalue weighted by molar-refractivity contribution is -0.127. The summed E-state index contributed by atoms with van der Waals surface area (Å²) in [5.74, 6) is 1.84. The van der Waals surface area contributed by atoms with Crippen LogP contribution in [0.2, 0.25) is 0 Å². The Morgan fingerprint density at radius 3 is 2.94 bits per heavy atom. The van der Waals surface area contributed by atoms with Gasteiger partial charge in [-0.25, -0.2) is 0 Å². The molecular weight excluding hydrogens is 298 g/mol. The topological polar surface area (TPSA) is 38.8 Å². The summed E-state index contributed by atoms with van der Waals surface area (Å²) in [6.07, 6.45) is 1.46. The number of benzene rings is 1. The standard InChI is InChI=1S/C13H14BrNO3/c14-10-6-13(16)15(7-10)4-3-9-1-2-11-12(5-9)18-8-17-11/h1-2,5,10H,3-4,6-8H2. The zero-order valence-corrected chi connectivity index (χ0v) is 11.5. The first-order valence-electron chi connectivity index (χ1n) is 6.03. The molecule has 1 aromatic carbocycles. The monoisotopic (exact) mass is 311 g/mol. The number of nitrogens with zero attached hydrogens (tertiary/aromatic N) is 1. The summed E-state index contributed by atoms with van der Waals surface area (Å²) in [6, 6.07) is 5.95. The van der Waals surface area contributed by atoms with Crippen molar-refractivity contribution in [3.8, 4) is 11.5 Å². The number of halogens is 1. The number of hydrogen-bond donors (Lipinski definition) is 0. The van der Waals surface area contributed by atoms with Crippen LogP contribution < -0.4 is 9.47 Å². The summed E-state index contributed by atoms with van der Waals surface area (Å²) in [5.41, 5.74) is 1.17. The van der Waals surface area contributed by atoms with Crippen LogP contribution in [0.25, 0.3) is 0 Å². The van der Waals surface area contributed by atoms with Crippen LogP contribution in [-0.2, 0) is 11.2 Å². The van der Waals surface area contributed by atoms with Gasteiger partial charge < -0.3 is 14.4 Å². The summed E-state index contributed by atoms with van der Waals surface area (Å²) in [7, 11) is 0. The molecular formula is C13H14BrNO3. The van der Waals surface area contributed by atoms with Crippen molar-refractivity contribution in [2.45, 2.75) is 17.7 Å². The Morgan fingerprint density at radius 1 is 1.33 bits per heavy atom. The summed E-state index contributed by atoms with van der Waals surface area (Å²) >= 11 is 3.49. The van der Waals surface area contributed by atoms with Gasteiger partial charge in [-0.05, 0) is 24.1 Å². The Hall–Kier alpha value is -1.23. The van der Waals surface area contributed by atoms with Gasteiger partial charge >= 0.3 is 0 Å². The van der Waals surface area contributed by atoms with Crippen molar-refractivity contribution >= 4 is 21.8 Å². The zero-order valence-electron chi connectivity index (χ0n) is 9.89. The van der Waals surface area contributed by atoms with Gasteiger partial charge in [0, 0.05) is 24.3 Å². The second kappa shape index (κ2) is 4.80. The maximum atomic E-state index is 11.6. The van der Waals surface area contributed by atoms with Crippen molar-refractivity contribution in [3.63, 3.8) is 0 Å². The van der Waals surface area contributed by atoms with Crippen molar-refractivity contribution < 1.29 is 14.3 Å². The molecule has 1 saturated heterocycles. The smallest absolute Gasteiger partial charge is 0.231 e. The molecule has 1 amide bonds. The predicted molar refractivity (Wildman–Crippen MR) is 70.2 cm³/mol. The third-order valence-corrected chi connectivity index (χ3v) is 3.89. The van der Waals surface area contributed by atoms with E-state index in [9.17, 15) is 4.79 Å². The maximum Gasteiger partial charge on any atom is 0.231 e. The highest BCUT2D eigenvalue weighted by Gasteiger charge is 2.27. The Bertz CT molecular complexity index is 477. The summed E-state index contributed by atoms with van der Waals surface area (Å²) in [6.45, 7) is 1.87. The SMILES string of the molecule is O=C1CC(Br)CN1CCc1ccc2c(c1)OCO2. The summed E-state index contributed by atoms with van der Waals surface area (Å²) in [4.78, 5) is 13.9. The lowest BCUT2D eigenvalue weighted by Gasteiger charge is -2.15. The molecule has 1 fully saturated rings. The van der Waals surface area contributed by atoms with Gasteiger partial charge in [-0.2, -0.15) is 0 Å². The number of likely N-dealkylation sites (tertiary alicyclic amines) is 1. The third-order valence-electron chi connectivity index (χ3n) is 3.27. The Labute approximate surface area is 114 Å². The first-order valence-corrected chi connectivity index (χ1v) is 6.94. The number of alkyl halides is 1. The lowest BCUT2D eigenvalue weighted by atomic mass is 10.1. The minimum Gasteiger partial charge on any atom is -0.454 e. The van der Waals surface area contributed by atoms with Gasteiger partial charge in [0.15, 0.2) is 11.5 Å². The van der Waals surface area contributed by atoms with Crippen molar-refractivity contribution in [2.24, 2.45) is 0 Å². The molecule has 0 spiro atoms. The molecule has 1 unspecified atom stereocenters. The molecule has 5 heteroatoms. The molecule has 0 N–H and O–H groups in total. The van der Waals surface area contributed by atoms with Gasteiger partial charge in [0.1, 0.15) is 0 Å². The second-order valence-electron chi connectivity index (χ2n) is 4.58. The highest BCUT2D eigenvalue weighted by molar-refractivity contribution is 9.09. The van der Waals surface area contributed by atoms with E-state index in [1.807, 2.05) is 23.1 Å². The molecule has 0 saturated carbocycles. The van der Waals surface area contributed by atoms with Crippen LogP contribution in [0.5, 0.6) is 11.5 Å². The van der Waals surface area contributed by atoms with Crippen LogP contribution in [0.1, 0.15) is 12.0 Å². The normalized spacial score (nSPS) is 21.7. The van der Waals surface area contributed by atoms with E-state index in [0.717, 1.165) is 31.0 Å². The molecule has 1 atom stereocenters. The molecule has 96 valence electrons. The van der Waals surface area contributed by atoms with Crippen LogP contribution in [0.4, 0.5) is 0 Å². The second-order valence-corrected chi connectivity index (χ2v) is 5.87. The average Bonchev–Trinajstić information content (AvgIpc) is 2.92. The predicted octanol–water partition coefficient (Wildman–Crippen LogP) is 1.95. The number of carbonyl (C=O) groups is 1. The third kappa shape index (κ3) is 2.32. The minimum absolute atomic E-state index is 0.234. The van der Waals surface area contributed by atoms with E-state index in [1.165, 1.54) is 5.56 Å². The molecule has 0 aliphatic carbocycles. The van der Waals surface area contributed by atoms with E-state index in [2.05, 4.69) is 15.9 Å². The summed E-state index contributed by atoms with van der Waals surface area (Å²) in [5, 5.41) is 0. The van der Waals surface area contributed by atoms with Crippen molar-refractivity contribution in [1.82, 2.24) is 4.90 Å². The van der Waals surface area contributed by atoms with E-state index < -0.39 is 0 Å². The molecule has 18 heavy (non-hydrogen) atoms. The van der Waals surface area contributed by atoms with Crippen LogP contribution in [0, 0.1) is 0 Å². The largest absolute Gasteiger partial charge is 0.454 e. The number of ether oxygens (including phenoxy) is 2. The fourth-order valence-electron chi connectivity index (χ4n) is 2.30. The highest BCUT2D eigenvalue weighted by Crippen LogP contribution is 2.32. The average molecular weight is 312 g/mol. The number of fused-ring (bicyclic) bond motifs is 1. The molecule has 4 nitrogen and oxygen atoms in total. The molecule has 2 aliphatic heterocycles. The molecule has 2 aliphatic rings. The quantitative estimate of drug-likeness (QED) is 0.801. The number of rotatable bonds is 3. The van der Waals surface area contributed by atoms with Gasteiger partial charge in [0.2, 0.25) is 12.7 Å².